The molecule has 156 valence electrons. The third-order valence-corrected chi connectivity index (χ3v) is 5.98. The van der Waals surface area contributed by atoms with Crippen molar-refractivity contribution in [3.8, 4) is 0 Å². The van der Waals surface area contributed by atoms with Gasteiger partial charge in [-0.1, -0.05) is 35.3 Å². The van der Waals surface area contributed by atoms with Crippen molar-refractivity contribution in [2.24, 2.45) is 13.0 Å². The predicted molar refractivity (Wildman–Crippen MR) is 119 cm³/mol. The average molecular weight is 444 g/mol. The van der Waals surface area contributed by atoms with Crippen LogP contribution in [-0.2, 0) is 11.8 Å². The smallest absolute Gasteiger partial charge is 0.225 e. The summed E-state index contributed by atoms with van der Waals surface area (Å²) in [5.41, 5.74) is 0.933. The van der Waals surface area contributed by atoms with Gasteiger partial charge in [-0.3, -0.25) is 4.79 Å². The van der Waals surface area contributed by atoms with Crippen molar-refractivity contribution in [2.45, 2.75) is 18.9 Å². The molecule has 8 heteroatoms. The van der Waals surface area contributed by atoms with E-state index in [2.05, 4.69) is 20.2 Å². The first-order valence-electron chi connectivity index (χ1n) is 9.91. The largest absolute Gasteiger partial charge is 0.355 e. The minimum Gasteiger partial charge on any atom is -0.355 e. The summed E-state index contributed by atoms with van der Waals surface area (Å²) in [5, 5.41) is 4.46. The molecule has 1 aromatic carbocycles. The lowest BCUT2D eigenvalue weighted by Crippen LogP contribution is -2.44. The predicted octanol–water partition coefficient (Wildman–Crippen LogP) is 4.24. The van der Waals surface area contributed by atoms with Gasteiger partial charge < -0.3 is 14.8 Å². The molecule has 2 atom stereocenters. The van der Waals surface area contributed by atoms with E-state index in [-0.39, 0.29) is 17.9 Å². The van der Waals surface area contributed by atoms with Crippen LogP contribution in [0, 0.1) is 5.92 Å². The zero-order chi connectivity index (χ0) is 21.1. The molecule has 4 rings (SSSR count). The van der Waals surface area contributed by atoms with Crippen LogP contribution in [0.25, 0.3) is 0 Å². The molecule has 30 heavy (non-hydrogen) atoms. The number of carbonyl (C=O) groups excluding carboxylic acids is 1. The van der Waals surface area contributed by atoms with E-state index in [9.17, 15) is 4.79 Å². The Labute approximate surface area is 185 Å². The van der Waals surface area contributed by atoms with Crippen LogP contribution < -0.4 is 10.2 Å². The normalized spacial score (nSPS) is 17.6. The fourth-order valence-electron chi connectivity index (χ4n) is 3.86. The molecule has 1 N–H and O–H groups in total. The van der Waals surface area contributed by atoms with Crippen LogP contribution in [0.2, 0.25) is 10.0 Å². The molecule has 0 radical (unpaired) electrons. The van der Waals surface area contributed by atoms with Gasteiger partial charge in [-0.2, -0.15) is 0 Å². The summed E-state index contributed by atoms with van der Waals surface area (Å²) in [6.45, 7) is 1.41. The molecule has 0 bridgehead atoms. The lowest BCUT2D eigenvalue weighted by molar-refractivity contribution is -0.125. The second-order valence-electron chi connectivity index (χ2n) is 7.48. The highest BCUT2D eigenvalue weighted by Crippen LogP contribution is 2.29. The molecule has 1 fully saturated rings. The second-order valence-corrected chi connectivity index (χ2v) is 8.33. The first-order chi connectivity index (χ1) is 14.5. The number of halogens is 2. The van der Waals surface area contributed by atoms with Gasteiger partial charge >= 0.3 is 0 Å². The number of nitrogens with one attached hydrogen (secondary N) is 1. The fraction of sp³-hybridized carbons (Fsp3) is 0.318. The summed E-state index contributed by atoms with van der Waals surface area (Å²) in [6.07, 6.45) is 7.05. The highest BCUT2D eigenvalue weighted by Gasteiger charge is 2.30. The number of anilines is 1. The Morgan fingerprint density at radius 2 is 1.97 bits per heavy atom. The Morgan fingerprint density at radius 1 is 1.17 bits per heavy atom. The zero-order valence-corrected chi connectivity index (χ0v) is 18.1. The SMILES string of the molecule is Cn1ccnc1[C@H](NC(=O)[C@H]1CCCN(c2ncccc2Cl)C1)c1ccc(Cl)cc1. The summed E-state index contributed by atoms with van der Waals surface area (Å²) in [6, 6.07) is 10.8. The third-order valence-electron chi connectivity index (χ3n) is 5.44. The molecule has 1 aliphatic rings. The van der Waals surface area contributed by atoms with E-state index in [1.54, 1.807) is 12.4 Å². The van der Waals surface area contributed by atoms with E-state index in [0.717, 1.165) is 36.6 Å². The highest BCUT2D eigenvalue weighted by molar-refractivity contribution is 6.33. The van der Waals surface area contributed by atoms with Crippen LogP contribution in [0.15, 0.2) is 55.0 Å². The molecule has 0 aliphatic carbocycles. The highest BCUT2D eigenvalue weighted by atomic mass is 35.5. The number of aryl methyl sites for hydroxylation is 1. The Bertz CT molecular complexity index is 1020. The van der Waals surface area contributed by atoms with Gasteiger partial charge in [0.25, 0.3) is 0 Å². The first kappa shape index (κ1) is 20.7. The van der Waals surface area contributed by atoms with Crippen molar-refractivity contribution in [1.82, 2.24) is 19.9 Å². The van der Waals surface area contributed by atoms with Gasteiger partial charge in [-0.15, -0.1) is 0 Å². The van der Waals surface area contributed by atoms with Gasteiger partial charge in [0.2, 0.25) is 5.91 Å². The second kappa shape index (κ2) is 9.06. The number of piperidine rings is 1. The van der Waals surface area contributed by atoms with Crippen molar-refractivity contribution in [2.75, 3.05) is 18.0 Å². The Kier molecular flexibility index (Phi) is 6.25. The molecule has 3 aromatic rings. The van der Waals surface area contributed by atoms with Gasteiger partial charge in [0.15, 0.2) is 0 Å². The van der Waals surface area contributed by atoms with Crippen molar-refractivity contribution in [1.29, 1.82) is 0 Å². The fourth-order valence-corrected chi connectivity index (χ4v) is 4.23. The molecule has 0 spiro atoms. The van der Waals surface area contributed by atoms with Crippen molar-refractivity contribution in [3.05, 3.63) is 76.4 Å². The summed E-state index contributed by atoms with van der Waals surface area (Å²) in [4.78, 5) is 24.2. The van der Waals surface area contributed by atoms with E-state index >= 15 is 0 Å². The summed E-state index contributed by atoms with van der Waals surface area (Å²) >= 11 is 12.4. The first-order valence-corrected chi connectivity index (χ1v) is 10.7. The molecule has 6 nitrogen and oxygen atoms in total. The number of rotatable bonds is 5. The van der Waals surface area contributed by atoms with Gasteiger partial charge in [-0.05, 0) is 42.7 Å². The molecular weight excluding hydrogens is 421 g/mol. The minimum absolute atomic E-state index is 0.00490. The number of aromatic nitrogens is 3. The number of hydrogen-bond acceptors (Lipinski definition) is 4. The maximum atomic E-state index is 13.3. The Hall–Kier alpha value is -2.57. The summed E-state index contributed by atoms with van der Waals surface area (Å²) in [7, 11) is 1.92. The standard InChI is InChI=1S/C22H23Cl2N5O/c1-28-13-11-26-21(28)19(15-6-8-17(23)9-7-15)27-22(30)16-4-3-12-29(14-16)20-18(24)5-2-10-25-20/h2,5-11,13,16,19H,3-4,12,14H2,1H3,(H,27,30)/t16-,19+/m0/s1. The lowest BCUT2D eigenvalue weighted by Gasteiger charge is -2.34. The maximum Gasteiger partial charge on any atom is 0.225 e. The maximum absolute atomic E-state index is 13.3. The average Bonchev–Trinajstić information content (AvgIpc) is 3.18. The zero-order valence-electron chi connectivity index (χ0n) is 16.6. The van der Waals surface area contributed by atoms with Gasteiger partial charge in [-0.25, -0.2) is 9.97 Å². The van der Waals surface area contributed by atoms with Crippen LogP contribution in [-0.4, -0.2) is 33.5 Å². The van der Waals surface area contributed by atoms with E-state index in [0.29, 0.717) is 16.6 Å². The van der Waals surface area contributed by atoms with Gasteiger partial charge in [0.05, 0.1) is 10.9 Å². The Balaban J connectivity index is 1.54. The molecule has 1 saturated heterocycles. The van der Waals surface area contributed by atoms with Gasteiger partial charge in [0.1, 0.15) is 17.7 Å². The van der Waals surface area contributed by atoms with Crippen LogP contribution in [0.4, 0.5) is 5.82 Å². The molecule has 2 aromatic heterocycles. The molecule has 3 heterocycles. The number of amides is 1. The van der Waals surface area contributed by atoms with Crippen molar-refractivity contribution < 1.29 is 4.79 Å². The number of hydrogen-bond donors (Lipinski definition) is 1. The number of nitrogens with zero attached hydrogens (tertiary/aromatic N) is 4. The van der Waals surface area contributed by atoms with E-state index in [1.807, 2.05) is 54.2 Å². The topological polar surface area (TPSA) is 63.1 Å². The van der Waals surface area contributed by atoms with Crippen molar-refractivity contribution in [3.63, 3.8) is 0 Å². The quantitative estimate of drug-likeness (QED) is 0.640. The van der Waals surface area contributed by atoms with Crippen LogP contribution in [0.3, 0.4) is 0 Å². The number of imidazole rings is 1. The third kappa shape index (κ3) is 4.45. The van der Waals surface area contributed by atoms with E-state index in [1.165, 1.54) is 0 Å². The summed E-state index contributed by atoms with van der Waals surface area (Å²) < 4.78 is 1.92. The van der Waals surface area contributed by atoms with E-state index < -0.39 is 0 Å². The molecule has 1 aliphatic heterocycles. The number of pyridine rings is 1. The molecular formula is C22H23Cl2N5O. The Morgan fingerprint density at radius 3 is 2.67 bits per heavy atom. The number of benzene rings is 1. The lowest BCUT2D eigenvalue weighted by atomic mass is 9.96. The summed E-state index contributed by atoms with van der Waals surface area (Å²) in [5.74, 6) is 1.34. The monoisotopic (exact) mass is 443 g/mol. The van der Waals surface area contributed by atoms with Gasteiger partial charge in [0, 0.05) is 43.8 Å². The van der Waals surface area contributed by atoms with Crippen LogP contribution in [0.5, 0.6) is 0 Å². The van der Waals surface area contributed by atoms with E-state index in [4.69, 9.17) is 23.2 Å². The van der Waals surface area contributed by atoms with Crippen LogP contribution in [0.1, 0.15) is 30.3 Å². The molecule has 0 saturated carbocycles. The molecule has 0 unspecified atom stereocenters. The van der Waals surface area contributed by atoms with Crippen LogP contribution >= 0.6 is 23.2 Å². The molecule has 1 amide bonds. The minimum atomic E-state index is -0.358. The number of carbonyl (C=O) groups is 1. The van der Waals surface area contributed by atoms with Crippen molar-refractivity contribution >= 4 is 34.9 Å².